The Morgan fingerprint density at radius 1 is 1.20 bits per heavy atom. The maximum Gasteiger partial charge on any atom is 0.0752 e. The third-order valence-electron chi connectivity index (χ3n) is 4.97. The fourth-order valence-electron chi connectivity index (χ4n) is 4.01. The van der Waals surface area contributed by atoms with Crippen LogP contribution >= 0.6 is 0 Å². The minimum atomic E-state index is -0.0290. The van der Waals surface area contributed by atoms with Crippen LogP contribution in [0.3, 0.4) is 0 Å². The van der Waals surface area contributed by atoms with Crippen LogP contribution in [0.4, 0.5) is 0 Å². The van der Waals surface area contributed by atoms with Gasteiger partial charge >= 0.3 is 0 Å². The third-order valence-corrected chi connectivity index (χ3v) is 4.97. The molecule has 3 nitrogen and oxygen atoms in total. The summed E-state index contributed by atoms with van der Waals surface area (Å²) >= 11 is 0. The second-order valence-corrected chi connectivity index (χ2v) is 7.58. The van der Waals surface area contributed by atoms with Crippen LogP contribution in [0.5, 0.6) is 0 Å². The Labute approximate surface area is 125 Å². The van der Waals surface area contributed by atoms with E-state index in [4.69, 9.17) is 4.74 Å². The Hall–Kier alpha value is -0.120. The number of rotatable bonds is 5. The van der Waals surface area contributed by atoms with E-state index in [1.165, 1.54) is 38.9 Å². The Morgan fingerprint density at radius 2 is 1.95 bits per heavy atom. The Balaban J connectivity index is 2.04. The molecule has 2 fully saturated rings. The lowest BCUT2D eigenvalue weighted by Gasteiger charge is -2.51. The fraction of sp³-hybridized carbons (Fsp3) is 1.00. The molecule has 0 saturated carbocycles. The number of hydrogen-bond acceptors (Lipinski definition) is 3. The molecule has 0 aromatic carbocycles. The molecule has 2 aliphatic heterocycles. The average molecular weight is 282 g/mol. The maximum atomic E-state index is 5.94. The highest BCUT2D eigenvalue weighted by molar-refractivity contribution is 4.94. The molecule has 0 aliphatic carbocycles. The topological polar surface area (TPSA) is 15.7 Å². The zero-order valence-electron chi connectivity index (χ0n) is 14.2. The number of piperazine rings is 1. The van der Waals surface area contributed by atoms with Gasteiger partial charge in [0.2, 0.25) is 0 Å². The molecule has 2 unspecified atom stereocenters. The molecule has 2 saturated heterocycles. The highest BCUT2D eigenvalue weighted by Gasteiger charge is 2.38. The summed E-state index contributed by atoms with van der Waals surface area (Å²) in [7, 11) is 0. The molecule has 0 amide bonds. The van der Waals surface area contributed by atoms with Crippen molar-refractivity contribution in [2.45, 2.75) is 71.6 Å². The lowest BCUT2D eigenvalue weighted by molar-refractivity contribution is -0.0761. The van der Waals surface area contributed by atoms with Gasteiger partial charge in [0.15, 0.2) is 0 Å². The van der Waals surface area contributed by atoms with Crippen LogP contribution in [0.1, 0.15) is 53.9 Å². The van der Waals surface area contributed by atoms with Gasteiger partial charge in [-0.1, -0.05) is 20.3 Å². The van der Waals surface area contributed by atoms with Crippen LogP contribution in [0, 0.1) is 5.92 Å². The predicted octanol–water partition coefficient (Wildman–Crippen LogP) is 3.00. The van der Waals surface area contributed by atoms with Crippen molar-refractivity contribution in [3.63, 3.8) is 0 Å². The van der Waals surface area contributed by atoms with E-state index in [-0.39, 0.29) is 5.60 Å². The van der Waals surface area contributed by atoms with Crippen LogP contribution in [-0.2, 0) is 4.74 Å². The monoisotopic (exact) mass is 282 g/mol. The summed E-state index contributed by atoms with van der Waals surface area (Å²) in [6.07, 6.45) is 4.19. The highest BCUT2D eigenvalue weighted by Crippen LogP contribution is 2.28. The van der Waals surface area contributed by atoms with Gasteiger partial charge in [-0.25, -0.2) is 0 Å². The summed E-state index contributed by atoms with van der Waals surface area (Å²) in [4.78, 5) is 5.46. The molecule has 3 heteroatoms. The quantitative estimate of drug-likeness (QED) is 0.771. The maximum absolute atomic E-state index is 5.94. The van der Waals surface area contributed by atoms with Gasteiger partial charge in [-0.15, -0.1) is 0 Å². The standard InChI is InChI=1S/C17H34N2O/c1-6-20-17(4,5)13-19-11-15-9-7-8-10-18(15)12-16(19)14(2)3/h14-16H,6-13H2,1-5H3. The molecule has 20 heavy (non-hydrogen) atoms. The SMILES string of the molecule is CCOC(C)(C)CN1CC2CCCCN2CC1C(C)C. The summed E-state index contributed by atoms with van der Waals surface area (Å²) in [5.74, 6) is 0.718. The van der Waals surface area contributed by atoms with Gasteiger partial charge in [0.1, 0.15) is 0 Å². The largest absolute Gasteiger partial charge is 0.375 e. The van der Waals surface area contributed by atoms with Crippen LogP contribution in [0.25, 0.3) is 0 Å². The Kier molecular flexibility index (Phi) is 5.49. The van der Waals surface area contributed by atoms with E-state index < -0.39 is 0 Å². The van der Waals surface area contributed by atoms with Gasteiger partial charge in [0.05, 0.1) is 5.60 Å². The molecule has 0 bridgehead atoms. The second-order valence-electron chi connectivity index (χ2n) is 7.58. The van der Waals surface area contributed by atoms with Crippen molar-refractivity contribution in [3.05, 3.63) is 0 Å². The van der Waals surface area contributed by atoms with Crippen LogP contribution in [0.15, 0.2) is 0 Å². The first-order valence-electron chi connectivity index (χ1n) is 8.55. The summed E-state index contributed by atoms with van der Waals surface area (Å²) in [5.41, 5.74) is -0.0290. The Morgan fingerprint density at radius 3 is 2.60 bits per heavy atom. The van der Waals surface area contributed by atoms with Gasteiger partial charge in [-0.2, -0.15) is 0 Å². The fourth-order valence-corrected chi connectivity index (χ4v) is 4.01. The first-order chi connectivity index (χ1) is 9.43. The number of piperidine rings is 1. The lowest BCUT2D eigenvalue weighted by atomic mass is 9.91. The summed E-state index contributed by atoms with van der Waals surface area (Å²) in [6.45, 7) is 17.0. The third kappa shape index (κ3) is 3.96. The molecule has 0 spiro atoms. The smallest absolute Gasteiger partial charge is 0.0752 e. The van der Waals surface area contributed by atoms with E-state index in [2.05, 4.69) is 44.4 Å². The van der Waals surface area contributed by atoms with Crippen LogP contribution in [0.2, 0.25) is 0 Å². The van der Waals surface area contributed by atoms with Gasteiger partial charge < -0.3 is 4.74 Å². The molecular formula is C17H34N2O. The van der Waals surface area contributed by atoms with E-state index >= 15 is 0 Å². The van der Waals surface area contributed by atoms with Crippen molar-refractivity contribution in [2.24, 2.45) is 5.92 Å². The molecule has 2 aliphatic rings. The number of fused-ring (bicyclic) bond motifs is 1. The van der Waals surface area contributed by atoms with E-state index in [1.54, 1.807) is 0 Å². The van der Waals surface area contributed by atoms with Crippen LogP contribution < -0.4 is 0 Å². The minimum absolute atomic E-state index is 0.0290. The number of ether oxygens (including phenoxy) is 1. The molecule has 0 aromatic rings. The van der Waals surface area contributed by atoms with Gasteiger partial charge in [-0.05, 0) is 46.1 Å². The summed E-state index contributed by atoms with van der Waals surface area (Å²) < 4.78 is 5.94. The minimum Gasteiger partial charge on any atom is -0.375 e. The number of nitrogens with zero attached hydrogens (tertiary/aromatic N) is 2. The molecule has 2 heterocycles. The predicted molar refractivity (Wildman–Crippen MR) is 85.1 cm³/mol. The normalized spacial score (nSPS) is 29.7. The molecule has 0 radical (unpaired) electrons. The van der Waals surface area contributed by atoms with Crippen molar-refractivity contribution in [3.8, 4) is 0 Å². The van der Waals surface area contributed by atoms with Gasteiger partial charge in [0, 0.05) is 38.3 Å². The van der Waals surface area contributed by atoms with Gasteiger partial charge in [-0.3, -0.25) is 9.80 Å². The van der Waals surface area contributed by atoms with E-state index in [1.807, 2.05) is 0 Å². The molecule has 2 atom stereocenters. The van der Waals surface area contributed by atoms with E-state index in [0.29, 0.717) is 6.04 Å². The molecule has 0 N–H and O–H groups in total. The number of hydrogen-bond donors (Lipinski definition) is 0. The van der Waals surface area contributed by atoms with Crippen molar-refractivity contribution in [2.75, 3.05) is 32.8 Å². The van der Waals surface area contributed by atoms with E-state index in [0.717, 1.165) is 25.1 Å². The zero-order valence-corrected chi connectivity index (χ0v) is 14.2. The summed E-state index contributed by atoms with van der Waals surface area (Å²) in [6, 6.07) is 1.47. The van der Waals surface area contributed by atoms with E-state index in [9.17, 15) is 0 Å². The molecular weight excluding hydrogens is 248 g/mol. The second kappa shape index (κ2) is 6.76. The average Bonchev–Trinajstić information content (AvgIpc) is 2.37. The molecule has 2 rings (SSSR count). The van der Waals surface area contributed by atoms with Crippen molar-refractivity contribution in [1.29, 1.82) is 0 Å². The first kappa shape index (κ1) is 16.3. The zero-order chi connectivity index (χ0) is 14.8. The van der Waals surface area contributed by atoms with Crippen molar-refractivity contribution in [1.82, 2.24) is 9.80 Å². The highest BCUT2D eigenvalue weighted by atomic mass is 16.5. The lowest BCUT2D eigenvalue weighted by Crippen LogP contribution is -2.63. The van der Waals surface area contributed by atoms with Gasteiger partial charge in [0.25, 0.3) is 0 Å². The molecule has 0 aromatic heterocycles. The molecule has 118 valence electrons. The summed E-state index contributed by atoms with van der Waals surface area (Å²) in [5, 5.41) is 0. The van der Waals surface area contributed by atoms with Crippen molar-refractivity contribution < 1.29 is 4.74 Å². The first-order valence-corrected chi connectivity index (χ1v) is 8.55. The Bertz CT molecular complexity index is 303. The van der Waals surface area contributed by atoms with Crippen molar-refractivity contribution >= 4 is 0 Å². The van der Waals surface area contributed by atoms with Crippen LogP contribution in [-0.4, -0.2) is 60.3 Å².